The van der Waals surface area contributed by atoms with Crippen molar-refractivity contribution in [2.45, 2.75) is 6.18 Å². The zero-order chi connectivity index (χ0) is 13.6. The van der Waals surface area contributed by atoms with Gasteiger partial charge in [-0.1, -0.05) is 11.3 Å². The van der Waals surface area contributed by atoms with E-state index in [1.165, 1.54) is 12.4 Å². The first-order valence-electron chi connectivity index (χ1n) is 4.96. The number of hydrogen-bond acceptors (Lipinski definition) is 6. The minimum atomic E-state index is -4.60. The average Bonchev–Trinajstić information content (AvgIpc) is 2.86. The Labute approximate surface area is 107 Å². The molecular formula is C9H5F3N6S. The van der Waals surface area contributed by atoms with Gasteiger partial charge in [0.2, 0.25) is 4.96 Å². The van der Waals surface area contributed by atoms with Crippen LogP contribution in [0.3, 0.4) is 0 Å². The van der Waals surface area contributed by atoms with Gasteiger partial charge in [0.25, 0.3) is 5.82 Å². The minimum absolute atomic E-state index is 0.0542. The van der Waals surface area contributed by atoms with Crippen LogP contribution < -0.4 is 5.73 Å². The van der Waals surface area contributed by atoms with E-state index in [4.69, 9.17) is 5.73 Å². The molecule has 3 heterocycles. The Bertz CT molecular complexity index is 746. The standard InChI is InChI=1S/C9H5F3N6S/c10-9(11,12)7-15-16-8-18(7)17-6(19-8)4-1-2-14-3-5(4)13/h1-3H,13H2. The van der Waals surface area contributed by atoms with Crippen LogP contribution in [0, 0.1) is 0 Å². The third-order valence-corrected chi connectivity index (χ3v) is 3.26. The van der Waals surface area contributed by atoms with Gasteiger partial charge in [-0.2, -0.15) is 22.8 Å². The molecule has 0 unspecified atom stereocenters. The van der Waals surface area contributed by atoms with Crippen molar-refractivity contribution in [1.82, 2.24) is 24.8 Å². The first kappa shape index (κ1) is 11.8. The van der Waals surface area contributed by atoms with Gasteiger partial charge in [-0.3, -0.25) is 4.98 Å². The van der Waals surface area contributed by atoms with E-state index in [1.54, 1.807) is 6.07 Å². The van der Waals surface area contributed by atoms with Crippen LogP contribution in [0.15, 0.2) is 18.5 Å². The lowest BCUT2D eigenvalue weighted by Crippen LogP contribution is -2.11. The molecule has 0 saturated heterocycles. The van der Waals surface area contributed by atoms with E-state index in [-0.39, 0.29) is 4.96 Å². The molecule has 3 aromatic heterocycles. The molecule has 0 saturated carbocycles. The molecule has 0 aliphatic heterocycles. The van der Waals surface area contributed by atoms with Crippen molar-refractivity contribution < 1.29 is 13.2 Å². The van der Waals surface area contributed by atoms with Crippen LogP contribution in [0.25, 0.3) is 15.5 Å². The molecule has 0 aliphatic carbocycles. The highest BCUT2D eigenvalue weighted by Crippen LogP contribution is 2.33. The largest absolute Gasteiger partial charge is 0.453 e. The van der Waals surface area contributed by atoms with Gasteiger partial charge in [-0.05, 0) is 6.07 Å². The molecule has 0 bridgehead atoms. The predicted octanol–water partition coefficient (Wildman–Crippen LogP) is 1.85. The molecule has 0 aromatic carbocycles. The molecule has 0 atom stereocenters. The molecule has 3 aromatic rings. The summed E-state index contributed by atoms with van der Waals surface area (Å²) in [6, 6.07) is 1.58. The van der Waals surface area contributed by atoms with Gasteiger partial charge < -0.3 is 5.73 Å². The lowest BCUT2D eigenvalue weighted by Gasteiger charge is -2.01. The Hall–Kier alpha value is -2.23. The van der Waals surface area contributed by atoms with E-state index < -0.39 is 12.0 Å². The second-order valence-corrected chi connectivity index (χ2v) is 4.54. The van der Waals surface area contributed by atoms with Crippen molar-refractivity contribution >= 4 is 22.0 Å². The van der Waals surface area contributed by atoms with Crippen LogP contribution >= 0.6 is 11.3 Å². The molecule has 0 radical (unpaired) electrons. The second-order valence-electron chi connectivity index (χ2n) is 3.59. The summed E-state index contributed by atoms with van der Waals surface area (Å²) in [5.74, 6) is -1.15. The van der Waals surface area contributed by atoms with Crippen molar-refractivity contribution in [3.05, 3.63) is 24.3 Å². The number of rotatable bonds is 1. The maximum Gasteiger partial charge on any atom is 0.453 e. The Balaban J connectivity index is 2.18. The van der Waals surface area contributed by atoms with E-state index in [9.17, 15) is 13.2 Å². The smallest absolute Gasteiger partial charge is 0.397 e. The number of nitrogens with two attached hydrogens (primary N) is 1. The highest BCUT2D eigenvalue weighted by Gasteiger charge is 2.38. The fraction of sp³-hybridized carbons (Fsp3) is 0.111. The van der Waals surface area contributed by atoms with Gasteiger partial charge in [0.15, 0.2) is 0 Å². The van der Waals surface area contributed by atoms with Crippen LogP contribution in [0.1, 0.15) is 5.82 Å². The molecule has 98 valence electrons. The van der Waals surface area contributed by atoms with E-state index in [0.29, 0.717) is 20.8 Å². The number of nitrogen functional groups attached to an aromatic ring is 1. The van der Waals surface area contributed by atoms with Gasteiger partial charge in [-0.15, -0.1) is 10.2 Å². The van der Waals surface area contributed by atoms with Crippen LogP contribution in [0.4, 0.5) is 18.9 Å². The quantitative estimate of drug-likeness (QED) is 0.738. The lowest BCUT2D eigenvalue weighted by molar-refractivity contribution is -0.146. The topological polar surface area (TPSA) is 82.0 Å². The van der Waals surface area contributed by atoms with Crippen molar-refractivity contribution in [3.8, 4) is 10.6 Å². The normalized spacial score (nSPS) is 12.2. The number of fused-ring (bicyclic) bond motifs is 1. The summed E-state index contributed by atoms with van der Waals surface area (Å²) in [4.78, 5) is 3.86. The maximum absolute atomic E-state index is 12.6. The van der Waals surface area contributed by atoms with Gasteiger partial charge in [0.1, 0.15) is 5.01 Å². The minimum Gasteiger partial charge on any atom is -0.397 e. The first-order chi connectivity index (χ1) is 8.97. The Morgan fingerprint density at radius 3 is 2.74 bits per heavy atom. The number of alkyl halides is 3. The van der Waals surface area contributed by atoms with Crippen LogP contribution in [-0.4, -0.2) is 24.8 Å². The molecule has 2 N–H and O–H groups in total. The molecule has 0 amide bonds. The van der Waals surface area contributed by atoms with Gasteiger partial charge >= 0.3 is 6.18 Å². The number of pyridine rings is 1. The fourth-order valence-corrected chi connectivity index (χ4v) is 2.39. The highest BCUT2D eigenvalue weighted by atomic mass is 32.1. The molecule has 19 heavy (non-hydrogen) atoms. The van der Waals surface area contributed by atoms with Gasteiger partial charge in [0, 0.05) is 11.8 Å². The average molecular weight is 286 g/mol. The number of halogens is 3. The zero-order valence-electron chi connectivity index (χ0n) is 9.09. The molecule has 3 rings (SSSR count). The lowest BCUT2D eigenvalue weighted by atomic mass is 10.2. The summed E-state index contributed by atoms with van der Waals surface area (Å²) in [5.41, 5.74) is 6.55. The molecule has 0 aliphatic rings. The molecule has 0 spiro atoms. The van der Waals surface area contributed by atoms with Crippen molar-refractivity contribution in [3.63, 3.8) is 0 Å². The number of anilines is 1. The van der Waals surface area contributed by atoms with E-state index in [2.05, 4.69) is 20.3 Å². The van der Waals surface area contributed by atoms with Crippen LogP contribution in [-0.2, 0) is 6.18 Å². The van der Waals surface area contributed by atoms with Crippen molar-refractivity contribution in [2.24, 2.45) is 0 Å². The molecule has 0 fully saturated rings. The zero-order valence-corrected chi connectivity index (χ0v) is 9.90. The summed E-state index contributed by atoms with van der Waals surface area (Å²) >= 11 is 0.972. The second kappa shape index (κ2) is 3.88. The summed E-state index contributed by atoms with van der Waals surface area (Å²) in [5, 5.41) is 10.7. The summed E-state index contributed by atoms with van der Waals surface area (Å²) in [6.07, 6.45) is -1.71. The van der Waals surface area contributed by atoms with E-state index >= 15 is 0 Å². The maximum atomic E-state index is 12.6. The Morgan fingerprint density at radius 1 is 1.26 bits per heavy atom. The van der Waals surface area contributed by atoms with Gasteiger partial charge in [0.05, 0.1) is 11.9 Å². The fourth-order valence-electron chi connectivity index (χ4n) is 1.50. The summed E-state index contributed by atoms with van der Waals surface area (Å²) in [6.45, 7) is 0. The van der Waals surface area contributed by atoms with Crippen molar-refractivity contribution in [1.29, 1.82) is 0 Å². The van der Waals surface area contributed by atoms with Crippen LogP contribution in [0.5, 0.6) is 0 Å². The summed E-state index contributed by atoms with van der Waals surface area (Å²) in [7, 11) is 0. The number of aromatic nitrogens is 5. The third kappa shape index (κ3) is 1.89. The Kier molecular flexibility index (Phi) is 2.42. The van der Waals surface area contributed by atoms with Gasteiger partial charge in [-0.25, -0.2) is 0 Å². The summed E-state index contributed by atoms with van der Waals surface area (Å²) < 4.78 is 38.6. The van der Waals surface area contributed by atoms with Crippen LogP contribution in [0.2, 0.25) is 0 Å². The molecule has 6 nitrogen and oxygen atoms in total. The monoisotopic (exact) mass is 286 g/mol. The van der Waals surface area contributed by atoms with E-state index in [0.717, 1.165) is 11.3 Å². The van der Waals surface area contributed by atoms with Crippen molar-refractivity contribution in [2.75, 3.05) is 5.73 Å². The van der Waals surface area contributed by atoms with E-state index in [1.807, 2.05) is 0 Å². The Morgan fingerprint density at radius 2 is 2.05 bits per heavy atom. The number of nitrogens with zero attached hydrogens (tertiary/aromatic N) is 5. The highest BCUT2D eigenvalue weighted by molar-refractivity contribution is 7.19. The first-order valence-corrected chi connectivity index (χ1v) is 5.78. The SMILES string of the molecule is Nc1cnccc1-c1nn2c(C(F)(F)F)nnc2s1. The molecule has 10 heteroatoms. The predicted molar refractivity (Wildman–Crippen MR) is 61.3 cm³/mol. The third-order valence-electron chi connectivity index (χ3n) is 2.33. The number of hydrogen-bond donors (Lipinski definition) is 1. The molecular weight excluding hydrogens is 281 g/mol.